The van der Waals surface area contributed by atoms with Crippen molar-refractivity contribution in [3.05, 3.63) is 33.0 Å². The molecule has 0 aliphatic heterocycles. The highest BCUT2D eigenvalue weighted by Gasteiger charge is 2.24. The highest BCUT2D eigenvalue weighted by Crippen LogP contribution is 2.36. The molecule has 1 aromatic heterocycles. The van der Waals surface area contributed by atoms with Crippen LogP contribution >= 0.6 is 22.6 Å². The Morgan fingerprint density at radius 3 is 2.95 bits per heavy atom. The van der Waals surface area contributed by atoms with Gasteiger partial charge in [0.2, 0.25) is 0 Å². The normalized spacial score (nSPS) is 19.3. The first kappa shape index (κ1) is 16.4. The largest absolute Gasteiger partial charge is 0.357 e. The molecule has 120 valence electrons. The Labute approximate surface area is 148 Å². The van der Waals surface area contributed by atoms with Crippen molar-refractivity contribution in [2.75, 3.05) is 0 Å². The summed E-state index contributed by atoms with van der Waals surface area (Å²) in [6.45, 7) is 4.69. The molecule has 2 unspecified atom stereocenters. The average molecular weight is 409 g/mol. The van der Waals surface area contributed by atoms with E-state index in [1.807, 2.05) is 0 Å². The van der Waals surface area contributed by atoms with Crippen LogP contribution in [0, 0.1) is 15.4 Å². The van der Waals surface area contributed by atoms with Crippen molar-refractivity contribution < 1.29 is 0 Å². The van der Waals surface area contributed by atoms with Crippen LogP contribution in [0.1, 0.15) is 63.6 Å². The van der Waals surface area contributed by atoms with Crippen molar-refractivity contribution in [2.45, 2.75) is 65.2 Å². The quantitative estimate of drug-likeness (QED) is 0.526. The molecule has 2 atom stereocenters. The first-order valence-electron chi connectivity index (χ1n) is 9.00. The van der Waals surface area contributed by atoms with Crippen molar-refractivity contribution in [2.24, 2.45) is 11.8 Å². The lowest BCUT2D eigenvalue weighted by Gasteiger charge is -2.26. The van der Waals surface area contributed by atoms with Crippen LogP contribution in [0.25, 0.3) is 10.9 Å². The monoisotopic (exact) mass is 409 g/mol. The van der Waals surface area contributed by atoms with Gasteiger partial charge in [0.15, 0.2) is 0 Å². The maximum Gasteiger partial charge on any atom is 0.0594 e. The van der Waals surface area contributed by atoms with Gasteiger partial charge >= 0.3 is 0 Å². The van der Waals surface area contributed by atoms with Gasteiger partial charge in [0.25, 0.3) is 0 Å². The van der Waals surface area contributed by atoms with E-state index in [1.54, 1.807) is 5.56 Å². The van der Waals surface area contributed by atoms with Gasteiger partial charge in [-0.2, -0.15) is 0 Å². The van der Waals surface area contributed by atoms with E-state index in [0.717, 1.165) is 11.8 Å². The van der Waals surface area contributed by atoms with Crippen LogP contribution in [-0.2, 0) is 12.8 Å². The van der Waals surface area contributed by atoms with Gasteiger partial charge < -0.3 is 4.98 Å². The molecular weight excluding hydrogens is 381 g/mol. The van der Waals surface area contributed by atoms with Gasteiger partial charge in [0, 0.05) is 14.7 Å². The van der Waals surface area contributed by atoms with E-state index in [2.05, 4.69) is 59.6 Å². The van der Waals surface area contributed by atoms with Gasteiger partial charge in [-0.05, 0) is 71.7 Å². The molecule has 0 amide bonds. The number of aryl methyl sites for hydroxylation is 1. The molecule has 1 aromatic carbocycles. The van der Waals surface area contributed by atoms with Gasteiger partial charge in [-0.15, -0.1) is 0 Å². The molecule has 1 aliphatic rings. The molecule has 1 aliphatic carbocycles. The molecule has 0 saturated heterocycles. The fourth-order valence-electron chi connectivity index (χ4n) is 4.13. The first-order chi connectivity index (χ1) is 10.7. The zero-order chi connectivity index (χ0) is 15.5. The number of para-hydroxylation sites is 1. The highest BCUT2D eigenvalue weighted by molar-refractivity contribution is 14.1. The lowest BCUT2D eigenvalue weighted by molar-refractivity contribution is 0.313. The van der Waals surface area contributed by atoms with Gasteiger partial charge in [-0.1, -0.05) is 51.7 Å². The molecule has 22 heavy (non-hydrogen) atoms. The molecule has 2 aromatic rings. The van der Waals surface area contributed by atoms with Gasteiger partial charge in [-0.3, -0.25) is 0 Å². The summed E-state index contributed by atoms with van der Waals surface area (Å²) in [5.41, 5.74) is 4.50. The maximum absolute atomic E-state index is 3.70. The summed E-state index contributed by atoms with van der Waals surface area (Å²) in [5.74, 6) is 1.84. The molecule has 0 saturated carbocycles. The third-order valence-corrected chi connectivity index (χ3v) is 6.38. The predicted molar refractivity (Wildman–Crippen MR) is 104 cm³/mol. The summed E-state index contributed by atoms with van der Waals surface area (Å²) in [7, 11) is 0. The van der Waals surface area contributed by atoms with Crippen molar-refractivity contribution >= 4 is 33.5 Å². The predicted octanol–water partition coefficient (Wildman–Crippen LogP) is 6.48. The lowest BCUT2D eigenvalue weighted by atomic mass is 9.79. The number of benzene rings is 1. The number of hydrogen-bond donors (Lipinski definition) is 1. The van der Waals surface area contributed by atoms with Crippen LogP contribution in [0.5, 0.6) is 0 Å². The summed E-state index contributed by atoms with van der Waals surface area (Å²) in [4.78, 5) is 3.70. The summed E-state index contributed by atoms with van der Waals surface area (Å²) < 4.78 is 1.36. The third-order valence-electron chi connectivity index (χ3n) is 5.48. The van der Waals surface area contributed by atoms with E-state index in [9.17, 15) is 0 Å². The average Bonchev–Trinajstić information content (AvgIpc) is 2.91. The highest BCUT2D eigenvalue weighted by atomic mass is 127. The Hall–Kier alpha value is -0.510. The zero-order valence-electron chi connectivity index (χ0n) is 13.9. The lowest BCUT2D eigenvalue weighted by Crippen LogP contribution is -2.17. The minimum Gasteiger partial charge on any atom is -0.357 e. The number of rotatable bonds is 6. The van der Waals surface area contributed by atoms with Crippen LogP contribution in [-0.4, -0.2) is 4.98 Å². The molecule has 0 fully saturated rings. The molecule has 1 heterocycles. The van der Waals surface area contributed by atoms with Crippen LogP contribution in [0.15, 0.2) is 18.2 Å². The second-order valence-corrected chi connectivity index (χ2v) is 8.17. The number of unbranched alkanes of at least 4 members (excludes halogenated alkanes) is 1. The molecule has 0 spiro atoms. The molecule has 1 N–H and O–H groups in total. The molecule has 3 rings (SSSR count). The van der Waals surface area contributed by atoms with Crippen LogP contribution in [0.4, 0.5) is 0 Å². The van der Waals surface area contributed by atoms with E-state index in [4.69, 9.17) is 0 Å². The van der Waals surface area contributed by atoms with Gasteiger partial charge in [0.1, 0.15) is 0 Å². The number of fused-ring (bicyclic) bond motifs is 3. The van der Waals surface area contributed by atoms with Gasteiger partial charge in [0.05, 0.1) is 5.52 Å². The Morgan fingerprint density at radius 1 is 1.32 bits per heavy atom. The van der Waals surface area contributed by atoms with Gasteiger partial charge in [-0.25, -0.2) is 0 Å². The van der Waals surface area contributed by atoms with E-state index >= 15 is 0 Å². The summed E-state index contributed by atoms with van der Waals surface area (Å²) in [6.07, 6.45) is 10.9. The number of nitrogens with one attached hydrogen (secondary N) is 1. The van der Waals surface area contributed by atoms with E-state index in [0.29, 0.717) is 0 Å². The van der Waals surface area contributed by atoms with Crippen LogP contribution in [0.3, 0.4) is 0 Å². The maximum atomic E-state index is 3.70. The fraction of sp³-hybridized carbons (Fsp3) is 0.600. The van der Waals surface area contributed by atoms with E-state index in [1.165, 1.54) is 71.5 Å². The SMILES string of the molecule is CCCCC(CC)CC1CCc2[nH]c3c(I)cccc3c2C1. The number of aromatic amines is 1. The fourth-order valence-corrected chi connectivity index (χ4v) is 4.76. The molecule has 2 heteroatoms. The zero-order valence-corrected chi connectivity index (χ0v) is 16.1. The van der Waals surface area contributed by atoms with Crippen molar-refractivity contribution in [1.29, 1.82) is 0 Å². The van der Waals surface area contributed by atoms with Crippen LogP contribution in [0.2, 0.25) is 0 Å². The summed E-state index contributed by atoms with van der Waals surface area (Å²) in [5, 5.41) is 1.48. The van der Waals surface area contributed by atoms with Crippen molar-refractivity contribution in [3.63, 3.8) is 0 Å². The standard InChI is InChI=1S/C20H28IN/c1-3-5-7-14(4-2)12-15-10-11-19-17(13-15)16-8-6-9-18(21)20(16)22-19/h6,8-9,14-15,22H,3-5,7,10-13H2,1-2H3. The summed E-state index contributed by atoms with van der Waals surface area (Å²) >= 11 is 2.46. The minimum absolute atomic E-state index is 0.895. The molecule has 1 nitrogen and oxygen atoms in total. The second-order valence-electron chi connectivity index (χ2n) is 7.01. The van der Waals surface area contributed by atoms with Crippen molar-refractivity contribution in [3.8, 4) is 0 Å². The first-order valence-corrected chi connectivity index (χ1v) is 10.1. The van der Waals surface area contributed by atoms with Crippen LogP contribution < -0.4 is 0 Å². The Kier molecular flexibility index (Phi) is 5.48. The number of halogens is 1. The van der Waals surface area contributed by atoms with E-state index in [-0.39, 0.29) is 0 Å². The molecule has 0 radical (unpaired) electrons. The number of hydrogen-bond acceptors (Lipinski definition) is 0. The van der Waals surface area contributed by atoms with E-state index < -0.39 is 0 Å². The van der Waals surface area contributed by atoms with Crippen molar-refractivity contribution in [1.82, 2.24) is 4.98 Å². The number of aromatic nitrogens is 1. The minimum atomic E-state index is 0.895. The molecular formula is C20H28IN. The smallest absolute Gasteiger partial charge is 0.0594 e. The topological polar surface area (TPSA) is 15.8 Å². The third kappa shape index (κ3) is 3.37. The Bertz CT molecular complexity index is 628. The molecule has 0 bridgehead atoms. The second kappa shape index (κ2) is 7.37. The number of H-pyrrole nitrogens is 1. The summed E-state index contributed by atoms with van der Waals surface area (Å²) in [6, 6.07) is 6.72. The Morgan fingerprint density at radius 2 is 2.18 bits per heavy atom. The Balaban J connectivity index is 1.75.